The molecular weight excluding hydrogens is 319 g/mol. The normalized spacial score (nSPS) is 10.6. The molecule has 20 heavy (non-hydrogen) atoms. The minimum absolute atomic E-state index is 0.289. The van der Waals surface area contributed by atoms with Gasteiger partial charge < -0.3 is 10.6 Å². The summed E-state index contributed by atoms with van der Waals surface area (Å²) in [4.78, 5) is 2.11. The maximum Gasteiger partial charge on any atom is 0.139 e. The van der Waals surface area contributed by atoms with Crippen LogP contribution in [0.15, 0.2) is 46.9 Å². The van der Waals surface area contributed by atoms with E-state index in [0.717, 1.165) is 25.2 Å². The first-order valence-corrected chi connectivity index (χ1v) is 7.44. The Morgan fingerprint density at radius 2 is 1.90 bits per heavy atom. The molecule has 0 unspecified atom stereocenters. The molecular formula is C16H18BrFN2. The van der Waals surface area contributed by atoms with Gasteiger partial charge in [-0.2, -0.15) is 0 Å². The molecule has 0 radical (unpaired) electrons. The fourth-order valence-corrected chi connectivity index (χ4v) is 2.55. The second-order valence-corrected chi connectivity index (χ2v) is 5.59. The first-order valence-electron chi connectivity index (χ1n) is 6.65. The van der Waals surface area contributed by atoms with Crippen LogP contribution >= 0.6 is 15.9 Å². The van der Waals surface area contributed by atoms with Crippen molar-refractivity contribution in [1.29, 1.82) is 0 Å². The van der Waals surface area contributed by atoms with Gasteiger partial charge in [-0.25, -0.2) is 4.39 Å². The summed E-state index contributed by atoms with van der Waals surface area (Å²) in [6.45, 7) is 3.66. The first kappa shape index (κ1) is 14.9. The molecule has 0 saturated heterocycles. The standard InChI is InChI=1S/C16H18BrFN2/c1-2-8-20(11-12-6-4-3-5-7-12)16-10-14(18)13(17)9-15(16)19/h3-7,9-10H,2,8,11,19H2,1H3. The van der Waals surface area contributed by atoms with E-state index in [4.69, 9.17) is 5.73 Å². The van der Waals surface area contributed by atoms with Crippen LogP contribution in [0.1, 0.15) is 18.9 Å². The van der Waals surface area contributed by atoms with Gasteiger partial charge in [0.15, 0.2) is 0 Å². The van der Waals surface area contributed by atoms with Crippen molar-refractivity contribution in [3.63, 3.8) is 0 Å². The van der Waals surface area contributed by atoms with Gasteiger partial charge in [-0.3, -0.25) is 0 Å². The highest BCUT2D eigenvalue weighted by Crippen LogP contribution is 2.30. The maximum absolute atomic E-state index is 13.8. The molecule has 2 rings (SSSR count). The first-order chi connectivity index (χ1) is 9.61. The van der Waals surface area contributed by atoms with E-state index in [9.17, 15) is 4.39 Å². The van der Waals surface area contributed by atoms with Crippen molar-refractivity contribution >= 4 is 27.3 Å². The highest BCUT2D eigenvalue weighted by molar-refractivity contribution is 9.10. The minimum Gasteiger partial charge on any atom is -0.397 e. The predicted octanol–water partition coefficient (Wildman–Crippen LogP) is 4.59. The fourth-order valence-electron chi connectivity index (χ4n) is 2.18. The summed E-state index contributed by atoms with van der Waals surface area (Å²) in [7, 11) is 0. The summed E-state index contributed by atoms with van der Waals surface area (Å²) in [5, 5.41) is 0. The van der Waals surface area contributed by atoms with E-state index in [-0.39, 0.29) is 5.82 Å². The molecule has 4 heteroatoms. The zero-order valence-corrected chi connectivity index (χ0v) is 13.0. The molecule has 2 aromatic rings. The second-order valence-electron chi connectivity index (χ2n) is 4.73. The lowest BCUT2D eigenvalue weighted by atomic mass is 10.1. The molecule has 106 valence electrons. The molecule has 0 spiro atoms. The summed E-state index contributed by atoms with van der Waals surface area (Å²) in [5.74, 6) is -0.289. The van der Waals surface area contributed by atoms with Crippen LogP contribution in [-0.4, -0.2) is 6.54 Å². The maximum atomic E-state index is 13.8. The summed E-state index contributed by atoms with van der Waals surface area (Å²) in [6.07, 6.45) is 0.976. The number of hydrogen-bond donors (Lipinski definition) is 1. The van der Waals surface area contributed by atoms with Crippen LogP contribution in [0.2, 0.25) is 0 Å². The number of nitrogens with two attached hydrogens (primary N) is 1. The number of rotatable bonds is 5. The highest BCUT2D eigenvalue weighted by Gasteiger charge is 2.13. The van der Waals surface area contributed by atoms with Crippen molar-refractivity contribution in [2.45, 2.75) is 19.9 Å². The van der Waals surface area contributed by atoms with Crippen LogP contribution in [-0.2, 0) is 6.54 Å². The molecule has 0 bridgehead atoms. The summed E-state index contributed by atoms with van der Waals surface area (Å²) < 4.78 is 14.2. The van der Waals surface area contributed by atoms with Gasteiger partial charge in [0.1, 0.15) is 5.82 Å². The minimum atomic E-state index is -0.289. The van der Waals surface area contributed by atoms with E-state index in [0.29, 0.717) is 10.2 Å². The zero-order chi connectivity index (χ0) is 14.5. The van der Waals surface area contributed by atoms with E-state index in [1.54, 1.807) is 6.07 Å². The average Bonchev–Trinajstić information content (AvgIpc) is 2.44. The van der Waals surface area contributed by atoms with Gasteiger partial charge in [0.05, 0.1) is 15.8 Å². The molecule has 0 heterocycles. The molecule has 0 amide bonds. The van der Waals surface area contributed by atoms with E-state index < -0.39 is 0 Å². The van der Waals surface area contributed by atoms with Crippen molar-refractivity contribution in [2.75, 3.05) is 17.2 Å². The van der Waals surface area contributed by atoms with Crippen molar-refractivity contribution in [1.82, 2.24) is 0 Å². The lowest BCUT2D eigenvalue weighted by Crippen LogP contribution is -2.24. The Bertz CT molecular complexity index is 572. The number of nitrogen functional groups attached to an aromatic ring is 1. The summed E-state index contributed by atoms with van der Waals surface area (Å²) >= 11 is 3.16. The Balaban J connectivity index is 2.31. The van der Waals surface area contributed by atoms with Gasteiger partial charge in [0.25, 0.3) is 0 Å². The molecule has 0 atom stereocenters. The predicted molar refractivity (Wildman–Crippen MR) is 86.3 cm³/mol. The number of benzene rings is 2. The lowest BCUT2D eigenvalue weighted by Gasteiger charge is -2.26. The number of halogens is 2. The molecule has 0 aliphatic carbocycles. The lowest BCUT2D eigenvalue weighted by molar-refractivity contribution is 0.619. The van der Waals surface area contributed by atoms with Gasteiger partial charge in [0.2, 0.25) is 0 Å². The van der Waals surface area contributed by atoms with E-state index in [1.165, 1.54) is 11.6 Å². The van der Waals surface area contributed by atoms with Crippen molar-refractivity contribution in [2.24, 2.45) is 0 Å². The van der Waals surface area contributed by atoms with Crippen molar-refractivity contribution < 1.29 is 4.39 Å². The topological polar surface area (TPSA) is 29.3 Å². The van der Waals surface area contributed by atoms with E-state index >= 15 is 0 Å². The molecule has 0 aromatic heterocycles. The zero-order valence-electron chi connectivity index (χ0n) is 11.4. The van der Waals surface area contributed by atoms with Gasteiger partial charge in [-0.1, -0.05) is 37.3 Å². The number of hydrogen-bond acceptors (Lipinski definition) is 2. The molecule has 0 saturated carbocycles. The molecule has 2 aromatic carbocycles. The summed E-state index contributed by atoms with van der Waals surface area (Å²) in [6, 6.07) is 13.2. The Hall–Kier alpha value is -1.55. The number of anilines is 2. The third-order valence-electron chi connectivity index (χ3n) is 3.12. The second kappa shape index (κ2) is 6.75. The SMILES string of the molecule is CCCN(Cc1ccccc1)c1cc(F)c(Br)cc1N. The van der Waals surface area contributed by atoms with Gasteiger partial charge in [0, 0.05) is 19.2 Å². The number of nitrogens with zero attached hydrogens (tertiary/aromatic N) is 1. The molecule has 2 N–H and O–H groups in total. The largest absolute Gasteiger partial charge is 0.397 e. The summed E-state index contributed by atoms with van der Waals surface area (Å²) in [5.41, 5.74) is 8.55. The molecule has 0 fully saturated rings. The van der Waals surface area contributed by atoms with Gasteiger partial charge in [-0.15, -0.1) is 0 Å². The van der Waals surface area contributed by atoms with Crippen LogP contribution in [0.25, 0.3) is 0 Å². The molecule has 0 aliphatic rings. The Kier molecular flexibility index (Phi) is 5.01. The van der Waals surface area contributed by atoms with Crippen molar-refractivity contribution in [3.05, 3.63) is 58.3 Å². The van der Waals surface area contributed by atoms with Crippen LogP contribution in [0.4, 0.5) is 15.8 Å². The smallest absolute Gasteiger partial charge is 0.139 e. The molecule has 0 aliphatic heterocycles. The van der Waals surface area contributed by atoms with E-state index in [1.807, 2.05) is 18.2 Å². The van der Waals surface area contributed by atoms with Crippen molar-refractivity contribution in [3.8, 4) is 0 Å². The Morgan fingerprint density at radius 3 is 2.55 bits per heavy atom. The van der Waals surface area contributed by atoms with Crippen LogP contribution < -0.4 is 10.6 Å². The van der Waals surface area contributed by atoms with E-state index in [2.05, 4.69) is 39.9 Å². The Morgan fingerprint density at radius 1 is 1.20 bits per heavy atom. The third kappa shape index (κ3) is 3.51. The monoisotopic (exact) mass is 336 g/mol. The van der Waals surface area contributed by atoms with Gasteiger partial charge in [-0.05, 0) is 34.0 Å². The highest BCUT2D eigenvalue weighted by atomic mass is 79.9. The van der Waals surface area contributed by atoms with Gasteiger partial charge >= 0.3 is 0 Å². The quantitative estimate of drug-likeness (QED) is 0.809. The fraction of sp³-hybridized carbons (Fsp3) is 0.250. The Labute approximate surface area is 127 Å². The van der Waals surface area contributed by atoms with Crippen LogP contribution in [0.3, 0.4) is 0 Å². The third-order valence-corrected chi connectivity index (χ3v) is 3.73. The molecule has 2 nitrogen and oxygen atoms in total. The van der Waals surface area contributed by atoms with Crippen LogP contribution in [0.5, 0.6) is 0 Å². The van der Waals surface area contributed by atoms with Crippen LogP contribution in [0, 0.1) is 5.82 Å². The average molecular weight is 337 g/mol.